The molecule has 0 aromatic carbocycles. The zero-order valence-electron chi connectivity index (χ0n) is 10.3. The molecule has 1 heterocycles. The molecular weight excluding hydrogens is 206 g/mol. The largest absolute Gasteiger partial charge is 0.352 e. The van der Waals surface area contributed by atoms with Gasteiger partial charge >= 0.3 is 0 Å². The standard InChI is InChI=1S/C11H21N3O2/c1-11(2)10(16)13-7-8-14(11)9(15)5-4-6-12-3/h12H,4-8H2,1-3H3,(H,13,16). The number of hydrogen-bond donors (Lipinski definition) is 2. The van der Waals surface area contributed by atoms with E-state index in [1.54, 1.807) is 18.7 Å². The number of amides is 2. The fourth-order valence-electron chi connectivity index (χ4n) is 1.89. The van der Waals surface area contributed by atoms with Crippen molar-refractivity contribution in [2.75, 3.05) is 26.7 Å². The first-order valence-electron chi connectivity index (χ1n) is 5.73. The first-order chi connectivity index (χ1) is 7.50. The summed E-state index contributed by atoms with van der Waals surface area (Å²) in [6.45, 7) is 5.57. The van der Waals surface area contributed by atoms with Gasteiger partial charge in [-0.25, -0.2) is 0 Å². The van der Waals surface area contributed by atoms with Crippen LogP contribution in [0.5, 0.6) is 0 Å². The zero-order valence-corrected chi connectivity index (χ0v) is 10.3. The van der Waals surface area contributed by atoms with E-state index in [2.05, 4.69) is 10.6 Å². The third-order valence-electron chi connectivity index (χ3n) is 2.97. The van der Waals surface area contributed by atoms with Crippen LogP contribution in [-0.2, 0) is 9.59 Å². The van der Waals surface area contributed by atoms with E-state index in [0.29, 0.717) is 19.5 Å². The highest BCUT2D eigenvalue weighted by Crippen LogP contribution is 2.18. The third-order valence-corrected chi connectivity index (χ3v) is 2.97. The Morgan fingerprint density at radius 3 is 2.88 bits per heavy atom. The summed E-state index contributed by atoms with van der Waals surface area (Å²) in [6.07, 6.45) is 1.31. The predicted molar refractivity (Wildman–Crippen MR) is 62.0 cm³/mol. The Morgan fingerprint density at radius 1 is 1.56 bits per heavy atom. The highest BCUT2D eigenvalue weighted by atomic mass is 16.2. The number of carbonyl (C=O) groups is 2. The van der Waals surface area contributed by atoms with Crippen LogP contribution in [0.15, 0.2) is 0 Å². The second kappa shape index (κ2) is 5.30. The normalized spacial score (nSPS) is 19.4. The SMILES string of the molecule is CNCCCC(=O)N1CCNC(=O)C1(C)C. The fraction of sp³-hybridized carbons (Fsp3) is 0.818. The van der Waals surface area contributed by atoms with Gasteiger partial charge in [-0.3, -0.25) is 9.59 Å². The van der Waals surface area contributed by atoms with Crippen molar-refractivity contribution in [1.29, 1.82) is 0 Å². The number of rotatable bonds is 4. The van der Waals surface area contributed by atoms with E-state index in [1.165, 1.54) is 0 Å². The molecule has 2 N–H and O–H groups in total. The molecule has 1 fully saturated rings. The van der Waals surface area contributed by atoms with Gasteiger partial charge in [0.15, 0.2) is 0 Å². The quantitative estimate of drug-likeness (QED) is 0.650. The average molecular weight is 227 g/mol. The Hall–Kier alpha value is -1.10. The molecular formula is C11H21N3O2. The molecule has 0 bridgehead atoms. The van der Waals surface area contributed by atoms with Crippen LogP contribution >= 0.6 is 0 Å². The lowest BCUT2D eigenvalue weighted by molar-refractivity contribution is -0.149. The molecule has 0 radical (unpaired) electrons. The monoisotopic (exact) mass is 227 g/mol. The van der Waals surface area contributed by atoms with Crippen LogP contribution in [0, 0.1) is 0 Å². The maximum absolute atomic E-state index is 12.0. The molecule has 92 valence electrons. The highest BCUT2D eigenvalue weighted by Gasteiger charge is 2.39. The molecule has 5 heteroatoms. The van der Waals surface area contributed by atoms with Gasteiger partial charge in [-0.15, -0.1) is 0 Å². The van der Waals surface area contributed by atoms with Crippen molar-refractivity contribution in [2.24, 2.45) is 0 Å². The van der Waals surface area contributed by atoms with Crippen LogP contribution < -0.4 is 10.6 Å². The molecule has 0 unspecified atom stereocenters. The van der Waals surface area contributed by atoms with Crippen LogP contribution in [0.4, 0.5) is 0 Å². The Kier molecular flexibility index (Phi) is 4.29. The molecule has 0 aromatic heterocycles. The summed E-state index contributed by atoms with van der Waals surface area (Å²) in [7, 11) is 1.86. The highest BCUT2D eigenvalue weighted by molar-refractivity contribution is 5.91. The smallest absolute Gasteiger partial charge is 0.245 e. The summed E-state index contributed by atoms with van der Waals surface area (Å²) < 4.78 is 0. The van der Waals surface area contributed by atoms with Gasteiger partial charge in [0, 0.05) is 19.5 Å². The maximum atomic E-state index is 12.0. The molecule has 1 saturated heterocycles. The second-order valence-corrected chi connectivity index (χ2v) is 4.57. The van der Waals surface area contributed by atoms with Crippen LogP contribution in [0.3, 0.4) is 0 Å². The summed E-state index contributed by atoms with van der Waals surface area (Å²) in [5.41, 5.74) is -0.713. The van der Waals surface area contributed by atoms with Gasteiger partial charge in [0.25, 0.3) is 0 Å². The molecule has 16 heavy (non-hydrogen) atoms. The first kappa shape index (κ1) is 13.0. The summed E-state index contributed by atoms with van der Waals surface area (Å²) in [5.74, 6) is -0.00387. The van der Waals surface area contributed by atoms with E-state index in [9.17, 15) is 9.59 Å². The van der Waals surface area contributed by atoms with Crippen LogP contribution in [-0.4, -0.2) is 48.9 Å². The molecule has 5 nitrogen and oxygen atoms in total. The number of nitrogens with zero attached hydrogens (tertiary/aromatic N) is 1. The Bertz CT molecular complexity index is 276. The topological polar surface area (TPSA) is 61.4 Å². The van der Waals surface area contributed by atoms with Gasteiger partial charge in [0.05, 0.1) is 0 Å². The lowest BCUT2D eigenvalue weighted by Gasteiger charge is -2.41. The van der Waals surface area contributed by atoms with Gasteiger partial charge in [0.1, 0.15) is 5.54 Å². The number of nitrogens with one attached hydrogen (secondary N) is 2. The van der Waals surface area contributed by atoms with Crippen molar-refractivity contribution in [3.05, 3.63) is 0 Å². The number of hydrogen-bond acceptors (Lipinski definition) is 3. The molecule has 0 atom stereocenters. The average Bonchev–Trinajstić information content (AvgIpc) is 2.22. The lowest BCUT2D eigenvalue weighted by atomic mass is 9.98. The molecule has 0 aliphatic carbocycles. The summed E-state index contributed by atoms with van der Waals surface area (Å²) >= 11 is 0. The Morgan fingerprint density at radius 2 is 2.25 bits per heavy atom. The minimum atomic E-state index is -0.713. The molecule has 0 spiro atoms. The fourth-order valence-corrected chi connectivity index (χ4v) is 1.89. The van der Waals surface area contributed by atoms with Crippen molar-refractivity contribution in [1.82, 2.24) is 15.5 Å². The van der Waals surface area contributed by atoms with E-state index in [0.717, 1.165) is 13.0 Å². The van der Waals surface area contributed by atoms with Crippen molar-refractivity contribution in [2.45, 2.75) is 32.2 Å². The summed E-state index contributed by atoms with van der Waals surface area (Å²) in [6, 6.07) is 0. The molecule has 1 rings (SSSR count). The summed E-state index contributed by atoms with van der Waals surface area (Å²) in [5, 5.41) is 5.78. The molecule has 1 aliphatic rings. The third kappa shape index (κ3) is 2.72. The van der Waals surface area contributed by atoms with Crippen LogP contribution in [0.1, 0.15) is 26.7 Å². The van der Waals surface area contributed by atoms with Gasteiger partial charge in [-0.1, -0.05) is 0 Å². The summed E-state index contributed by atoms with van der Waals surface area (Å²) in [4.78, 5) is 25.3. The molecule has 0 aromatic rings. The van der Waals surface area contributed by atoms with Gasteiger partial charge in [0.2, 0.25) is 11.8 Å². The van der Waals surface area contributed by atoms with Crippen molar-refractivity contribution >= 4 is 11.8 Å². The lowest BCUT2D eigenvalue weighted by Crippen LogP contribution is -2.63. The number of piperazine rings is 1. The van der Waals surface area contributed by atoms with Gasteiger partial charge < -0.3 is 15.5 Å². The van der Waals surface area contributed by atoms with Crippen molar-refractivity contribution < 1.29 is 9.59 Å². The first-order valence-corrected chi connectivity index (χ1v) is 5.73. The Balaban J connectivity index is 2.56. The number of carbonyl (C=O) groups excluding carboxylic acids is 2. The predicted octanol–water partition coefficient (Wildman–Crippen LogP) is -0.277. The van der Waals surface area contributed by atoms with Crippen molar-refractivity contribution in [3.63, 3.8) is 0 Å². The van der Waals surface area contributed by atoms with Crippen LogP contribution in [0.25, 0.3) is 0 Å². The molecule has 0 saturated carbocycles. The van der Waals surface area contributed by atoms with E-state index in [1.807, 2.05) is 7.05 Å². The van der Waals surface area contributed by atoms with Gasteiger partial charge in [-0.05, 0) is 33.9 Å². The Labute approximate surface area is 96.6 Å². The maximum Gasteiger partial charge on any atom is 0.245 e. The zero-order chi connectivity index (χ0) is 12.2. The van der Waals surface area contributed by atoms with E-state index in [-0.39, 0.29) is 11.8 Å². The van der Waals surface area contributed by atoms with Gasteiger partial charge in [-0.2, -0.15) is 0 Å². The van der Waals surface area contributed by atoms with E-state index >= 15 is 0 Å². The van der Waals surface area contributed by atoms with Crippen LogP contribution in [0.2, 0.25) is 0 Å². The minimum Gasteiger partial charge on any atom is -0.352 e. The van der Waals surface area contributed by atoms with Crippen molar-refractivity contribution in [3.8, 4) is 0 Å². The molecule has 2 amide bonds. The van der Waals surface area contributed by atoms with E-state index < -0.39 is 5.54 Å². The second-order valence-electron chi connectivity index (χ2n) is 4.57. The minimum absolute atomic E-state index is 0.0649. The molecule has 1 aliphatic heterocycles. The van der Waals surface area contributed by atoms with E-state index in [4.69, 9.17) is 0 Å².